The van der Waals surface area contributed by atoms with Crippen molar-refractivity contribution in [1.29, 1.82) is 0 Å². The fourth-order valence-corrected chi connectivity index (χ4v) is 2.45. The Morgan fingerprint density at radius 2 is 1.33 bits per heavy atom. The van der Waals surface area contributed by atoms with Crippen LogP contribution in [0.1, 0.15) is 0 Å². The van der Waals surface area contributed by atoms with Crippen LogP contribution >= 0.6 is 30.9 Å². The first-order chi connectivity index (χ1) is 9.73. The minimum Gasteiger partial charge on any atom is -0.383 e. The van der Waals surface area contributed by atoms with Crippen LogP contribution in [0.15, 0.2) is 12.1 Å². The van der Waals surface area contributed by atoms with Gasteiger partial charge in [-0.25, -0.2) is 14.5 Å². The van der Waals surface area contributed by atoms with E-state index in [2.05, 4.69) is 30.1 Å². The molecule has 0 aromatic carbocycles. The van der Waals surface area contributed by atoms with Crippen molar-refractivity contribution in [3.8, 4) is 0 Å². The van der Waals surface area contributed by atoms with Crippen molar-refractivity contribution in [3.05, 3.63) is 22.4 Å². The number of nitrogens with zero attached hydrogens (tertiary/aromatic N) is 4. The number of nitrogen functional groups attached to an aromatic ring is 2. The summed E-state index contributed by atoms with van der Waals surface area (Å²) in [7, 11) is -4.19. The van der Waals surface area contributed by atoms with E-state index in [-0.39, 0.29) is 33.8 Å². The number of hydrogen-bond donors (Lipinski definition) is 5. The van der Waals surface area contributed by atoms with Crippen LogP contribution in [-0.2, 0) is 4.57 Å². The molecule has 2 heterocycles. The highest BCUT2D eigenvalue weighted by molar-refractivity contribution is 7.61. The summed E-state index contributed by atoms with van der Waals surface area (Å²) < 4.78 is 12.0. The molecule has 0 aliphatic rings. The van der Waals surface area contributed by atoms with Gasteiger partial charge in [-0.15, -0.1) is 0 Å². The first kappa shape index (κ1) is 15.5. The first-order valence-corrected chi connectivity index (χ1v) is 7.64. The third-order valence-corrected chi connectivity index (χ3v) is 3.33. The molecule has 21 heavy (non-hydrogen) atoms. The maximum Gasteiger partial charge on any atom is 0.394 e. The molecular formula is C8H9Cl2N8O2P. The van der Waals surface area contributed by atoms with Crippen LogP contribution in [0.4, 0.5) is 23.5 Å². The van der Waals surface area contributed by atoms with Crippen LogP contribution in [0, 0.1) is 0 Å². The maximum atomic E-state index is 12.0. The molecule has 0 spiro atoms. The Balaban J connectivity index is 2.20. The fraction of sp³-hybridized carbons (Fsp3) is 0. The lowest BCUT2D eigenvalue weighted by molar-refractivity contribution is 0.489. The SMILES string of the molecule is Nc1cc(Cl)nc(NP(=O)(O)Nc2nc(N)cc(Cl)n2)n1. The number of rotatable bonds is 4. The van der Waals surface area contributed by atoms with Gasteiger partial charge in [0.2, 0.25) is 11.9 Å². The summed E-state index contributed by atoms with van der Waals surface area (Å²) in [4.78, 5) is 24.6. The quantitative estimate of drug-likeness (QED) is 0.401. The predicted molar refractivity (Wildman–Crippen MR) is 80.0 cm³/mol. The summed E-state index contributed by atoms with van der Waals surface area (Å²) >= 11 is 11.3. The molecule has 10 nitrogen and oxygen atoms in total. The van der Waals surface area contributed by atoms with E-state index in [1.807, 2.05) is 0 Å². The molecule has 0 bridgehead atoms. The van der Waals surface area contributed by atoms with Crippen molar-refractivity contribution in [2.45, 2.75) is 0 Å². The number of nitrogens with one attached hydrogen (secondary N) is 2. The lowest BCUT2D eigenvalue weighted by Crippen LogP contribution is -2.11. The highest BCUT2D eigenvalue weighted by Gasteiger charge is 2.22. The normalized spacial score (nSPS) is 11.2. The summed E-state index contributed by atoms with van der Waals surface area (Å²) in [6.07, 6.45) is 0. The van der Waals surface area contributed by atoms with E-state index in [0.29, 0.717) is 0 Å². The second-order valence-electron chi connectivity index (χ2n) is 3.68. The molecule has 0 saturated heterocycles. The Hall–Kier alpha value is -1.87. The van der Waals surface area contributed by atoms with Crippen LogP contribution in [0.5, 0.6) is 0 Å². The van der Waals surface area contributed by atoms with Gasteiger partial charge < -0.3 is 16.4 Å². The number of hydrogen-bond acceptors (Lipinski definition) is 7. The molecule has 0 aliphatic carbocycles. The highest BCUT2D eigenvalue weighted by Crippen LogP contribution is 2.39. The largest absolute Gasteiger partial charge is 0.394 e. The highest BCUT2D eigenvalue weighted by atomic mass is 35.5. The first-order valence-electron chi connectivity index (χ1n) is 5.23. The van der Waals surface area contributed by atoms with E-state index in [0.717, 1.165) is 0 Å². The molecule has 112 valence electrons. The minimum atomic E-state index is -4.19. The molecule has 0 unspecified atom stereocenters. The predicted octanol–water partition coefficient (Wildman–Crippen LogP) is 1.36. The van der Waals surface area contributed by atoms with E-state index >= 15 is 0 Å². The van der Waals surface area contributed by atoms with Crippen LogP contribution in [0.2, 0.25) is 10.3 Å². The molecule has 0 aliphatic heterocycles. The lowest BCUT2D eigenvalue weighted by atomic mass is 10.6. The zero-order valence-electron chi connectivity index (χ0n) is 10.2. The van der Waals surface area contributed by atoms with Crippen LogP contribution in [-0.4, -0.2) is 24.8 Å². The summed E-state index contributed by atoms with van der Waals surface area (Å²) in [5.41, 5.74) is 10.9. The van der Waals surface area contributed by atoms with Crippen LogP contribution < -0.4 is 21.6 Å². The Labute approximate surface area is 128 Å². The summed E-state index contributed by atoms with van der Waals surface area (Å²) in [5.74, 6) is -0.428. The molecule has 0 radical (unpaired) electrons. The summed E-state index contributed by atoms with van der Waals surface area (Å²) in [5, 5.41) is 4.29. The average molecular weight is 351 g/mol. The van der Waals surface area contributed by atoms with Gasteiger partial charge in [0.05, 0.1) is 0 Å². The van der Waals surface area contributed by atoms with E-state index < -0.39 is 7.67 Å². The van der Waals surface area contributed by atoms with Gasteiger partial charge in [0.1, 0.15) is 21.9 Å². The smallest absolute Gasteiger partial charge is 0.383 e. The van der Waals surface area contributed by atoms with Gasteiger partial charge in [-0.1, -0.05) is 23.2 Å². The average Bonchev–Trinajstić information content (AvgIpc) is 2.23. The Kier molecular flexibility index (Phi) is 4.33. The Morgan fingerprint density at radius 1 is 0.952 bits per heavy atom. The van der Waals surface area contributed by atoms with E-state index in [4.69, 9.17) is 34.7 Å². The van der Waals surface area contributed by atoms with Crippen LogP contribution in [0.25, 0.3) is 0 Å². The third kappa shape index (κ3) is 4.57. The molecule has 0 amide bonds. The van der Waals surface area contributed by atoms with Gasteiger partial charge in [0, 0.05) is 12.1 Å². The molecule has 0 atom stereocenters. The topological polar surface area (TPSA) is 165 Å². The zero-order valence-corrected chi connectivity index (χ0v) is 12.6. The molecule has 0 saturated carbocycles. The molecule has 13 heteroatoms. The number of aromatic nitrogens is 4. The molecular weight excluding hydrogens is 342 g/mol. The van der Waals surface area contributed by atoms with Crippen molar-refractivity contribution in [2.75, 3.05) is 21.6 Å². The summed E-state index contributed by atoms with van der Waals surface area (Å²) in [6, 6.07) is 2.56. The van der Waals surface area contributed by atoms with Gasteiger partial charge >= 0.3 is 7.67 Å². The maximum absolute atomic E-state index is 12.0. The van der Waals surface area contributed by atoms with Gasteiger partial charge in [0.25, 0.3) is 0 Å². The van der Waals surface area contributed by atoms with Gasteiger partial charge in [0.15, 0.2) is 0 Å². The van der Waals surface area contributed by atoms with E-state index in [1.54, 1.807) is 0 Å². The van der Waals surface area contributed by atoms with Gasteiger partial charge in [-0.2, -0.15) is 9.97 Å². The minimum absolute atomic E-state index is 0.00764. The van der Waals surface area contributed by atoms with Crippen molar-refractivity contribution in [3.63, 3.8) is 0 Å². The Morgan fingerprint density at radius 3 is 1.67 bits per heavy atom. The standard InChI is InChI=1S/C8H9Cl2N8O2P/c9-3-1-5(11)15-7(13-3)17-21(19,20)18-8-14-4(10)2-6(12)16-8/h1-2H,(H7,11,12,13,14,15,16,17,18,19,20). The van der Waals surface area contributed by atoms with Crippen molar-refractivity contribution >= 4 is 54.4 Å². The van der Waals surface area contributed by atoms with Crippen molar-refractivity contribution in [2.24, 2.45) is 0 Å². The number of anilines is 4. The van der Waals surface area contributed by atoms with Crippen LogP contribution in [0.3, 0.4) is 0 Å². The second kappa shape index (κ2) is 5.86. The Bertz CT molecular complexity index is 631. The van der Waals surface area contributed by atoms with Crippen molar-refractivity contribution < 1.29 is 9.46 Å². The van der Waals surface area contributed by atoms with Gasteiger partial charge in [-0.3, -0.25) is 10.2 Å². The molecule has 2 aromatic rings. The van der Waals surface area contributed by atoms with E-state index in [9.17, 15) is 9.46 Å². The third-order valence-electron chi connectivity index (χ3n) is 1.93. The zero-order chi connectivity index (χ0) is 15.6. The molecule has 0 fully saturated rings. The summed E-state index contributed by atoms with van der Waals surface area (Å²) in [6.45, 7) is 0. The monoisotopic (exact) mass is 350 g/mol. The number of halogens is 2. The van der Waals surface area contributed by atoms with E-state index in [1.165, 1.54) is 12.1 Å². The fourth-order valence-electron chi connectivity index (χ4n) is 1.27. The lowest BCUT2D eigenvalue weighted by Gasteiger charge is -2.14. The molecule has 7 N–H and O–H groups in total. The second-order valence-corrected chi connectivity index (χ2v) is 6.05. The molecule has 2 aromatic heterocycles. The van der Waals surface area contributed by atoms with Crippen molar-refractivity contribution in [1.82, 2.24) is 19.9 Å². The van der Waals surface area contributed by atoms with Gasteiger partial charge in [-0.05, 0) is 0 Å². The number of nitrogens with two attached hydrogens (primary N) is 2. The molecule has 2 rings (SSSR count).